The standard InChI is InChI=1S/C15H19N3O4/c1-18-9-12(7-17-18)14(20)13(19)8-16-15(21)22-10-11-5-3-2-4-6-11/h2-7,9,13-14,19-20H,8,10H2,1H3,(H,16,21). The van der Waals surface area contributed by atoms with Crippen molar-refractivity contribution in [3.63, 3.8) is 0 Å². The Morgan fingerprint density at radius 2 is 2.09 bits per heavy atom. The summed E-state index contributed by atoms with van der Waals surface area (Å²) in [7, 11) is 1.71. The Morgan fingerprint density at radius 1 is 1.36 bits per heavy atom. The molecule has 22 heavy (non-hydrogen) atoms. The van der Waals surface area contributed by atoms with Gasteiger partial charge in [-0.1, -0.05) is 30.3 Å². The molecular weight excluding hydrogens is 286 g/mol. The van der Waals surface area contributed by atoms with Crippen LogP contribution in [0.1, 0.15) is 17.2 Å². The van der Waals surface area contributed by atoms with Crippen LogP contribution in [0.5, 0.6) is 0 Å². The average molecular weight is 305 g/mol. The van der Waals surface area contributed by atoms with E-state index in [0.29, 0.717) is 5.56 Å². The molecule has 1 amide bonds. The number of carbonyl (C=O) groups is 1. The number of aromatic nitrogens is 2. The van der Waals surface area contributed by atoms with Gasteiger partial charge in [-0.25, -0.2) is 4.79 Å². The number of carbonyl (C=O) groups excluding carboxylic acids is 1. The van der Waals surface area contributed by atoms with E-state index in [9.17, 15) is 15.0 Å². The molecule has 2 atom stereocenters. The van der Waals surface area contributed by atoms with E-state index in [1.165, 1.54) is 10.9 Å². The van der Waals surface area contributed by atoms with Gasteiger partial charge < -0.3 is 20.3 Å². The zero-order chi connectivity index (χ0) is 15.9. The van der Waals surface area contributed by atoms with Crippen molar-refractivity contribution < 1.29 is 19.7 Å². The number of benzene rings is 1. The second-order valence-electron chi connectivity index (χ2n) is 4.90. The molecule has 0 saturated carbocycles. The van der Waals surface area contributed by atoms with Crippen molar-refractivity contribution in [2.24, 2.45) is 7.05 Å². The first kappa shape index (κ1) is 16.0. The van der Waals surface area contributed by atoms with Crippen molar-refractivity contribution in [3.05, 3.63) is 53.9 Å². The quantitative estimate of drug-likeness (QED) is 0.731. The molecule has 1 aromatic carbocycles. The zero-order valence-corrected chi connectivity index (χ0v) is 12.2. The van der Waals surface area contributed by atoms with Crippen LogP contribution in [0.3, 0.4) is 0 Å². The van der Waals surface area contributed by atoms with Crippen LogP contribution in [0, 0.1) is 0 Å². The van der Waals surface area contributed by atoms with Crippen LogP contribution < -0.4 is 5.32 Å². The second-order valence-corrected chi connectivity index (χ2v) is 4.90. The SMILES string of the molecule is Cn1cc(C(O)C(O)CNC(=O)OCc2ccccc2)cn1. The maximum Gasteiger partial charge on any atom is 0.407 e. The molecule has 0 bridgehead atoms. The van der Waals surface area contributed by atoms with Crippen molar-refractivity contribution in [3.8, 4) is 0 Å². The molecule has 2 aromatic rings. The minimum absolute atomic E-state index is 0.121. The molecule has 0 radical (unpaired) electrons. The Balaban J connectivity index is 1.73. The second kappa shape index (κ2) is 7.58. The lowest BCUT2D eigenvalue weighted by Gasteiger charge is -2.17. The van der Waals surface area contributed by atoms with Gasteiger partial charge in [0.15, 0.2) is 0 Å². The maximum absolute atomic E-state index is 11.5. The molecular formula is C15H19N3O4. The minimum Gasteiger partial charge on any atom is -0.445 e. The first-order valence-electron chi connectivity index (χ1n) is 6.85. The molecule has 0 saturated heterocycles. The molecule has 0 aliphatic rings. The van der Waals surface area contributed by atoms with Gasteiger partial charge >= 0.3 is 6.09 Å². The van der Waals surface area contributed by atoms with E-state index in [2.05, 4.69) is 10.4 Å². The third-order valence-electron chi connectivity index (χ3n) is 3.10. The number of amides is 1. The van der Waals surface area contributed by atoms with Gasteiger partial charge in [0, 0.05) is 25.4 Å². The predicted molar refractivity (Wildman–Crippen MR) is 78.8 cm³/mol. The van der Waals surface area contributed by atoms with Gasteiger partial charge in [0.05, 0.1) is 6.20 Å². The highest BCUT2D eigenvalue weighted by molar-refractivity contribution is 5.67. The van der Waals surface area contributed by atoms with E-state index in [4.69, 9.17) is 4.74 Å². The van der Waals surface area contributed by atoms with Crippen LogP contribution in [0.4, 0.5) is 4.79 Å². The highest BCUT2D eigenvalue weighted by Crippen LogP contribution is 2.15. The minimum atomic E-state index is -1.14. The molecule has 7 heteroatoms. The number of nitrogens with zero attached hydrogens (tertiary/aromatic N) is 2. The van der Waals surface area contributed by atoms with Gasteiger partial charge in [0.25, 0.3) is 0 Å². The smallest absolute Gasteiger partial charge is 0.407 e. The average Bonchev–Trinajstić information content (AvgIpc) is 2.97. The monoisotopic (exact) mass is 305 g/mol. The summed E-state index contributed by atoms with van der Waals surface area (Å²) < 4.78 is 6.53. The van der Waals surface area contributed by atoms with Gasteiger partial charge in [0.2, 0.25) is 0 Å². The molecule has 0 spiro atoms. The van der Waals surface area contributed by atoms with E-state index < -0.39 is 18.3 Å². The Labute approximate surface area is 128 Å². The number of nitrogens with one attached hydrogen (secondary N) is 1. The summed E-state index contributed by atoms with van der Waals surface area (Å²) in [5, 5.41) is 26.1. The number of aliphatic hydroxyl groups is 2. The number of ether oxygens (including phenoxy) is 1. The van der Waals surface area contributed by atoms with Crippen LogP contribution >= 0.6 is 0 Å². The van der Waals surface area contributed by atoms with Gasteiger partial charge in [-0.05, 0) is 5.56 Å². The molecule has 2 rings (SSSR count). The molecule has 0 aliphatic heterocycles. The Kier molecular flexibility index (Phi) is 5.51. The summed E-state index contributed by atoms with van der Waals surface area (Å²) in [4.78, 5) is 11.5. The van der Waals surface area contributed by atoms with E-state index in [0.717, 1.165) is 5.56 Å². The summed E-state index contributed by atoms with van der Waals surface area (Å²) in [6, 6.07) is 9.26. The zero-order valence-electron chi connectivity index (χ0n) is 12.2. The van der Waals surface area contributed by atoms with Crippen LogP contribution in [0.2, 0.25) is 0 Å². The number of alkyl carbamates (subject to hydrolysis) is 1. The molecule has 1 heterocycles. The third-order valence-corrected chi connectivity index (χ3v) is 3.10. The number of aliphatic hydroxyl groups excluding tert-OH is 2. The summed E-state index contributed by atoms with van der Waals surface area (Å²) in [6.07, 6.45) is 0.140. The summed E-state index contributed by atoms with van der Waals surface area (Å²) >= 11 is 0. The molecule has 0 aliphatic carbocycles. The third kappa shape index (κ3) is 4.57. The molecule has 7 nitrogen and oxygen atoms in total. The Bertz CT molecular complexity index is 600. The Hall–Kier alpha value is -2.38. The molecule has 3 N–H and O–H groups in total. The number of aryl methyl sites for hydroxylation is 1. The van der Waals surface area contributed by atoms with Crippen LogP contribution in [-0.4, -0.2) is 38.7 Å². The fraction of sp³-hybridized carbons (Fsp3) is 0.333. The van der Waals surface area contributed by atoms with E-state index >= 15 is 0 Å². The summed E-state index contributed by atoms with van der Waals surface area (Å²) in [6.45, 7) is 0.0254. The van der Waals surface area contributed by atoms with E-state index in [1.54, 1.807) is 13.2 Å². The normalized spacial score (nSPS) is 13.4. The van der Waals surface area contributed by atoms with Crippen molar-refractivity contribution in [1.82, 2.24) is 15.1 Å². The highest BCUT2D eigenvalue weighted by Gasteiger charge is 2.20. The van der Waals surface area contributed by atoms with Gasteiger partial charge in [-0.2, -0.15) is 5.10 Å². The van der Waals surface area contributed by atoms with Crippen molar-refractivity contribution in [2.75, 3.05) is 6.54 Å². The molecule has 118 valence electrons. The molecule has 2 unspecified atom stereocenters. The fourth-order valence-electron chi connectivity index (χ4n) is 1.89. The number of hydrogen-bond acceptors (Lipinski definition) is 5. The lowest BCUT2D eigenvalue weighted by atomic mass is 10.1. The van der Waals surface area contributed by atoms with Crippen molar-refractivity contribution in [2.45, 2.75) is 18.8 Å². The lowest BCUT2D eigenvalue weighted by molar-refractivity contribution is 0.0183. The van der Waals surface area contributed by atoms with Crippen molar-refractivity contribution in [1.29, 1.82) is 0 Å². The fourth-order valence-corrected chi connectivity index (χ4v) is 1.89. The first-order valence-corrected chi connectivity index (χ1v) is 6.85. The summed E-state index contributed by atoms with van der Waals surface area (Å²) in [5.74, 6) is 0. The molecule has 0 fully saturated rings. The first-order chi connectivity index (χ1) is 10.6. The van der Waals surface area contributed by atoms with E-state index in [1.807, 2.05) is 30.3 Å². The highest BCUT2D eigenvalue weighted by atomic mass is 16.5. The van der Waals surface area contributed by atoms with E-state index in [-0.39, 0.29) is 13.2 Å². The molecule has 1 aromatic heterocycles. The Morgan fingerprint density at radius 3 is 2.73 bits per heavy atom. The van der Waals surface area contributed by atoms with Gasteiger partial charge in [0.1, 0.15) is 18.8 Å². The summed E-state index contributed by atoms with van der Waals surface area (Å²) in [5.41, 5.74) is 1.35. The largest absolute Gasteiger partial charge is 0.445 e. The number of hydrogen-bond donors (Lipinski definition) is 3. The lowest BCUT2D eigenvalue weighted by Crippen LogP contribution is -2.35. The predicted octanol–water partition coefficient (Wildman–Crippen LogP) is 0.741. The van der Waals surface area contributed by atoms with Gasteiger partial charge in [-0.3, -0.25) is 4.68 Å². The van der Waals surface area contributed by atoms with Gasteiger partial charge in [-0.15, -0.1) is 0 Å². The van der Waals surface area contributed by atoms with Crippen LogP contribution in [-0.2, 0) is 18.4 Å². The van der Waals surface area contributed by atoms with Crippen molar-refractivity contribution >= 4 is 6.09 Å². The maximum atomic E-state index is 11.5. The topological polar surface area (TPSA) is 96.6 Å². The van der Waals surface area contributed by atoms with Crippen LogP contribution in [0.25, 0.3) is 0 Å². The number of rotatable bonds is 6. The van der Waals surface area contributed by atoms with Crippen LogP contribution in [0.15, 0.2) is 42.7 Å².